The first-order chi connectivity index (χ1) is 8.93. The lowest BCUT2D eigenvalue weighted by atomic mass is 10.2. The van der Waals surface area contributed by atoms with Gasteiger partial charge in [-0.25, -0.2) is 0 Å². The average molecular weight is 393 g/mol. The smallest absolute Gasteiger partial charge is 0.307 e. The summed E-state index contributed by atoms with van der Waals surface area (Å²) in [7, 11) is 1.53. The second kappa shape index (κ2) is 5.50. The molecule has 0 aliphatic heterocycles. The standard InChI is InChI=1S/C12H11Br2NO4/c1-19-10-4-9(7(13)3-8(10)14)15-11(16)5-2-6(5)12(17)18/h3-6H,2H2,1H3,(H,15,16)(H,17,18). The lowest BCUT2D eigenvalue weighted by Gasteiger charge is -2.10. The molecular weight excluding hydrogens is 382 g/mol. The molecular formula is C12H11Br2NO4. The Kier molecular flexibility index (Phi) is 4.15. The third kappa shape index (κ3) is 3.09. The number of aliphatic carboxylic acids is 1. The van der Waals surface area contributed by atoms with Crippen LogP contribution in [-0.4, -0.2) is 24.1 Å². The lowest BCUT2D eigenvalue weighted by Crippen LogP contribution is -2.17. The Morgan fingerprint density at radius 1 is 1.32 bits per heavy atom. The van der Waals surface area contributed by atoms with E-state index in [0.29, 0.717) is 22.3 Å². The number of nitrogens with one attached hydrogen (secondary N) is 1. The van der Waals surface area contributed by atoms with Crippen molar-refractivity contribution in [3.63, 3.8) is 0 Å². The Morgan fingerprint density at radius 3 is 2.53 bits per heavy atom. The predicted octanol–water partition coefficient (Wildman–Crippen LogP) is 2.88. The zero-order valence-electron chi connectivity index (χ0n) is 9.94. The minimum atomic E-state index is -0.924. The maximum atomic E-state index is 11.9. The summed E-state index contributed by atoms with van der Waals surface area (Å²) >= 11 is 6.67. The number of benzene rings is 1. The number of methoxy groups -OCH3 is 1. The Hall–Kier alpha value is -1.08. The van der Waals surface area contributed by atoms with Gasteiger partial charge in [-0.3, -0.25) is 9.59 Å². The zero-order chi connectivity index (χ0) is 14.2. The summed E-state index contributed by atoms with van der Waals surface area (Å²) in [5, 5.41) is 11.5. The van der Waals surface area contributed by atoms with Gasteiger partial charge in [-0.05, 0) is 44.3 Å². The molecule has 1 aromatic carbocycles. The lowest BCUT2D eigenvalue weighted by molar-refractivity contribution is -0.139. The van der Waals surface area contributed by atoms with E-state index in [-0.39, 0.29) is 5.91 Å². The molecule has 2 rings (SSSR count). The van der Waals surface area contributed by atoms with Crippen LogP contribution in [0, 0.1) is 11.8 Å². The first-order valence-corrected chi connectivity index (χ1v) is 7.09. The van der Waals surface area contributed by atoms with Gasteiger partial charge in [0.2, 0.25) is 5.91 Å². The van der Waals surface area contributed by atoms with E-state index in [0.717, 1.165) is 4.47 Å². The first kappa shape index (κ1) is 14.3. The molecule has 0 radical (unpaired) electrons. The highest BCUT2D eigenvalue weighted by Crippen LogP contribution is 2.41. The largest absolute Gasteiger partial charge is 0.495 e. The number of carbonyl (C=O) groups is 2. The van der Waals surface area contributed by atoms with Crippen molar-refractivity contribution in [2.24, 2.45) is 11.8 Å². The number of amides is 1. The highest BCUT2D eigenvalue weighted by molar-refractivity contribution is 9.11. The van der Waals surface area contributed by atoms with E-state index in [1.54, 1.807) is 12.1 Å². The van der Waals surface area contributed by atoms with Gasteiger partial charge in [0, 0.05) is 10.5 Å². The minimum Gasteiger partial charge on any atom is -0.495 e. The van der Waals surface area contributed by atoms with Crippen LogP contribution in [0.5, 0.6) is 5.75 Å². The number of carbonyl (C=O) groups excluding carboxylic acids is 1. The molecule has 1 amide bonds. The monoisotopic (exact) mass is 391 g/mol. The molecule has 0 spiro atoms. The van der Waals surface area contributed by atoms with Crippen LogP contribution in [0.4, 0.5) is 5.69 Å². The van der Waals surface area contributed by atoms with Crippen LogP contribution in [0.25, 0.3) is 0 Å². The van der Waals surface area contributed by atoms with Crippen LogP contribution < -0.4 is 10.1 Å². The van der Waals surface area contributed by atoms with Gasteiger partial charge in [0.25, 0.3) is 0 Å². The fraction of sp³-hybridized carbons (Fsp3) is 0.333. The highest BCUT2D eigenvalue weighted by Gasteiger charge is 2.48. The number of hydrogen-bond donors (Lipinski definition) is 2. The van der Waals surface area contributed by atoms with E-state index in [4.69, 9.17) is 9.84 Å². The molecule has 1 aliphatic carbocycles. The van der Waals surface area contributed by atoms with E-state index in [2.05, 4.69) is 37.2 Å². The number of halogens is 2. The predicted molar refractivity (Wildman–Crippen MR) is 76.3 cm³/mol. The molecule has 2 atom stereocenters. The summed E-state index contributed by atoms with van der Waals surface area (Å²) < 4.78 is 6.60. The van der Waals surface area contributed by atoms with E-state index in [9.17, 15) is 9.59 Å². The summed E-state index contributed by atoms with van der Waals surface area (Å²) in [6.07, 6.45) is 0.395. The normalized spacial score (nSPS) is 20.8. The Labute approximate surface area is 126 Å². The van der Waals surface area contributed by atoms with Crippen molar-refractivity contribution in [3.05, 3.63) is 21.1 Å². The average Bonchev–Trinajstić information content (AvgIpc) is 3.12. The molecule has 7 heteroatoms. The second-order valence-corrected chi connectivity index (χ2v) is 5.95. The van der Waals surface area contributed by atoms with Gasteiger partial charge in [-0.2, -0.15) is 0 Å². The maximum absolute atomic E-state index is 11.9. The summed E-state index contributed by atoms with van der Waals surface area (Å²) in [4.78, 5) is 22.6. The van der Waals surface area contributed by atoms with Crippen LogP contribution >= 0.6 is 31.9 Å². The summed E-state index contributed by atoms with van der Waals surface area (Å²) in [6.45, 7) is 0. The van der Waals surface area contributed by atoms with Crippen LogP contribution in [0.1, 0.15) is 6.42 Å². The van der Waals surface area contributed by atoms with Crippen molar-refractivity contribution in [1.82, 2.24) is 0 Å². The topological polar surface area (TPSA) is 75.6 Å². The van der Waals surface area contributed by atoms with Gasteiger partial charge in [0.15, 0.2) is 0 Å². The SMILES string of the molecule is COc1cc(NC(=O)C2CC2C(=O)O)c(Br)cc1Br. The van der Waals surface area contributed by atoms with Crippen LogP contribution in [-0.2, 0) is 9.59 Å². The molecule has 5 nitrogen and oxygen atoms in total. The third-order valence-electron chi connectivity index (χ3n) is 2.94. The van der Waals surface area contributed by atoms with E-state index < -0.39 is 17.8 Å². The Bertz CT molecular complexity index is 547. The van der Waals surface area contributed by atoms with Crippen molar-refractivity contribution in [2.45, 2.75) is 6.42 Å². The number of carboxylic acids is 1. The van der Waals surface area contributed by atoms with Gasteiger partial charge >= 0.3 is 5.97 Å². The van der Waals surface area contributed by atoms with Gasteiger partial charge in [0.1, 0.15) is 5.75 Å². The van der Waals surface area contributed by atoms with Crippen molar-refractivity contribution in [1.29, 1.82) is 0 Å². The summed E-state index contributed by atoms with van der Waals surface area (Å²) in [5.41, 5.74) is 0.557. The minimum absolute atomic E-state index is 0.280. The molecule has 1 aliphatic rings. The van der Waals surface area contributed by atoms with Crippen LogP contribution in [0.15, 0.2) is 21.1 Å². The molecule has 1 fully saturated rings. The van der Waals surface area contributed by atoms with E-state index >= 15 is 0 Å². The van der Waals surface area contributed by atoms with Gasteiger partial charge in [-0.15, -0.1) is 0 Å². The van der Waals surface area contributed by atoms with Crippen molar-refractivity contribution < 1.29 is 19.4 Å². The summed E-state index contributed by atoms with van der Waals surface area (Å²) in [6, 6.07) is 3.43. The van der Waals surface area contributed by atoms with E-state index in [1.165, 1.54) is 7.11 Å². The molecule has 19 heavy (non-hydrogen) atoms. The molecule has 0 aromatic heterocycles. The molecule has 1 saturated carbocycles. The fourth-order valence-corrected chi connectivity index (χ4v) is 3.02. The quantitative estimate of drug-likeness (QED) is 0.825. The van der Waals surface area contributed by atoms with Crippen molar-refractivity contribution >= 4 is 49.4 Å². The molecule has 0 saturated heterocycles. The molecule has 2 N–H and O–H groups in total. The number of hydrogen-bond acceptors (Lipinski definition) is 3. The van der Waals surface area contributed by atoms with Gasteiger partial charge in [0.05, 0.1) is 29.1 Å². The fourth-order valence-electron chi connectivity index (χ4n) is 1.76. The van der Waals surface area contributed by atoms with Crippen LogP contribution in [0.3, 0.4) is 0 Å². The summed E-state index contributed by atoms with van der Waals surface area (Å²) in [5.74, 6) is -1.62. The zero-order valence-corrected chi connectivity index (χ0v) is 13.1. The number of anilines is 1. The van der Waals surface area contributed by atoms with Gasteiger partial charge < -0.3 is 15.2 Å². The molecule has 0 bridgehead atoms. The third-order valence-corrected chi connectivity index (χ3v) is 4.22. The van der Waals surface area contributed by atoms with Crippen molar-refractivity contribution in [2.75, 3.05) is 12.4 Å². The van der Waals surface area contributed by atoms with E-state index in [1.807, 2.05) is 0 Å². The molecule has 102 valence electrons. The van der Waals surface area contributed by atoms with Crippen LogP contribution in [0.2, 0.25) is 0 Å². The number of rotatable bonds is 4. The molecule has 0 heterocycles. The number of ether oxygens (including phenoxy) is 1. The van der Waals surface area contributed by atoms with Gasteiger partial charge in [-0.1, -0.05) is 0 Å². The first-order valence-electron chi connectivity index (χ1n) is 5.50. The van der Waals surface area contributed by atoms with Crippen molar-refractivity contribution in [3.8, 4) is 5.75 Å². The Balaban J connectivity index is 2.11. The molecule has 2 unspecified atom stereocenters. The second-order valence-electron chi connectivity index (χ2n) is 4.24. The molecule has 1 aromatic rings. The maximum Gasteiger partial charge on any atom is 0.307 e. The Morgan fingerprint density at radius 2 is 2.00 bits per heavy atom. The number of carboxylic acid groups (broad SMARTS) is 1. The highest BCUT2D eigenvalue weighted by atomic mass is 79.9.